The van der Waals surface area contributed by atoms with E-state index >= 15 is 0 Å². The number of hydrogen-bond acceptors (Lipinski definition) is 2. The van der Waals surface area contributed by atoms with E-state index in [1.807, 2.05) is 0 Å². The zero-order valence-corrected chi connectivity index (χ0v) is 11.1. The third-order valence-corrected chi connectivity index (χ3v) is 4.11. The molecule has 0 aromatic heterocycles. The zero-order valence-electron chi connectivity index (χ0n) is 9.52. The van der Waals surface area contributed by atoms with Crippen LogP contribution in [0, 0.1) is 0 Å². The van der Waals surface area contributed by atoms with Crippen LogP contribution in [-0.4, -0.2) is 11.7 Å². The largest absolute Gasteiger partial charge is 0.507 e. The van der Waals surface area contributed by atoms with Crippen LogP contribution in [0.25, 0.3) is 0 Å². The number of nitrogens with two attached hydrogens (primary N) is 1. The molecule has 0 amide bonds. The minimum Gasteiger partial charge on any atom is -0.507 e. The van der Waals surface area contributed by atoms with Crippen molar-refractivity contribution in [2.24, 2.45) is 5.73 Å². The second-order valence-corrected chi connectivity index (χ2v) is 5.60. The van der Waals surface area contributed by atoms with Gasteiger partial charge in [0.05, 0.1) is 5.56 Å². The SMILES string of the molecule is NCC1(c2cc(Br)cc(C(F)(F)F)c2O)CCC1. The Hall–Kier alpha value is -0.750. The van der Waals surface area contributed by atoms with Crippen molar-refractivity contribution in [1.29, 1.82) is 0 Å². The van der Waals surface area contributed by atoms with Crippen molar-refractivity contribution in [3.8, 4) is 5.75 Å². The average Bonchev–Trinajstić information content (AvgIpc) is 2.20. The van der Waals surface area contributed by atoms with Crippen molar-refractivity contribution >= 4 is 15.9 Å². The molecule has 6 heteroatoms. The summed E-state index contributed by atoms with van der Waals surface area (Å²) >= 11 is 3.06. The maximum Gasteiger partial charge on any atom is 0.420 e. The highest BCUT2D eigenvalue weighted by Gasteiger charge is 2.43. The predicted octanol–water partition coefficient (Wildman–Crippen LogP) is 3.55. The van der Waals surface area contributed by atoms with Gasteiger partial charge in [0.25, 0.3) is 0 Å². The molecule has 0 unspecified atom stereocenters. The first-order valence-electron chi connectivity index (χ1n) is 5.60. The molecule has 0 spiro atoms. The molecular weight excluding hydrogens is 311 g/mol. The minimum absolute atomic E-state index is 0.244. The van der Waals surface area contributed by atoms with Crippen molar-refractivity contribution in [3.63, 3.8) is 0 Å². The molecule has 1 fully saturated rings. The van der Waals surface area contributed by atoms with Gasteiger partial charge in [0.15, 0.2) is 0 Å². The van der Waals surface area contributed by atoms with E-state index in [2.05, 4.69) is 15.9 Å². The maximum absolute atomic E-state index is 12.8. The Morgan fingerprint density at radius 3 is 2.33 bits per heavy atom. The minimum atomic E-state index is -4.57. The molecule has 18 heavy (non-hydrogen) atoms. The first kappa shape index (κ1) is 13.7. The first-order chi connectivity index (χ1) is 8.30. The summed E-state index contributed by atoms with van der Waals surface area (Å²) in [6, 6.07) is 2.43. The van der Waals surface area contributed by atoms with Crippen LogP contribution in [-0.2, 0) is 11.6 Å². The Labute approximate surface area is 111 Å². The highest BCUT2D eigenvalue weighted by Crippen LogP contribution is 2.50. The van der Waals surface area contributed by atoms with Crippen molar-refractivity contribution < 1.29 is 18.3 Å². The average molecular weight is 324 g/mol. The van der Waals surface area contributed by atoms with Gasteiger partial charge in [-0.05, 0) is 25.0 Å². The Morgan fingerprint density at radius 2 is 1.94 bits per heavy atom. The summed E-state index contributed by atoms with van der Waals surface area (Å²) in [7, 11) is 0. The van der Waals surface area contributed by atoms with E-state index in [4.69, 9.17) is 5.73 Å². The Bertz CT molecular complexity index is 464. The summed E-state index contributed by atoms with van der Waals surface area (Å²) in [4.78, 5) is 0. The van der Waals surface area contributed by atoms with E-state index in [9.17, 15) is 18.3 Å². The van der Waals surface area contributed by atoms with E-state index in [0.29, 0.717) is 22.9 Å². The van der Waals surface area contributed by atoms with Crippen molar-refractivity contribution in [2.45, 2.75) is 30.9 Å². The van der Waals surface area contributed by atoms with Crippen LogP contribution < -0.4 is 5.73 Å². The van der Waals surface area contributed by atoms with E-state index < -0.39 is 22.9 Å². The molecule has 0 heterocycles. The molecule has 100 valence electrons. The van der Waals surface area contributed by atoms with Crippen LogP contribution >= 0.6 is 15.9 Å². The highest BCUT2D eigenvalue weighted by molar-refractivity contribution is 9.10. The summed E-state index contributed by atoms with van der Waals surface area (Å²) in [6.45, 7) is 0.244. The van der Waals surface area contributed by atoms with E-state index in [-0.39, 0.29) is 6.54 Å². The predicted molar refractivity (Wildman–Crippen MR) is 65.4 cm³/mol. The third kappa shape index (κ3) is 2.12. The fourth-order valence-corrected chi connectivity index (χ4v) is 2.86. The summed E-state index contributed by atoms with van der Waals surface area (Å²) < 4.78 is 38.7. The molecule has 1 aliphatic carbocycles. The number of halogens is 4. The van der Waals surface area contributed by atoms with Gasteiger partial charge in [-0.1, -0.05) is 22.4 Å². The molecule has 3 N–H and O–H groups in total. The first-order valence-corrected chi connectivity index (χ1v) is 6.40. The Kier molecular flexibility index (Phi) is 3.36. The topological polar surface area (TPSA) is 46.2 Å². The second kappa shape index (κ2) is 4.42. The number of benzene rings is 1. The lowest BCUT2D eigenvalue weighted by atomic mass is 9.64. The normalized spacial score (nSPS) is 18.5. The van der Waals surface area contributed by atoms with Gasteiger partial charge in [-0.15, -0.1) is 0 Å². The molecule has 0 aliphatic heterocycles. The summed E-state index contributed by atoms with van der Waals surface area (Å²) in [5, 5.41) is 9.88. The van der Waals surface area contributed by atoms with Crippen molar-refractivity contribution in [2.75, 3.05) is 6.54 Å². The third-order valence-electron chi connectivity index (χ3n) is 3.65. The molecule has 0 saturated heterocycles. The molecular formula is C12H13BrF3NO. The summed E-state index contributed by atoms with van der Waals surface area (Å²) in [5.74, 6) is -0.684. The van der Waals surface area contributed by atoms with E-state index in [1.165, 1.54) is 6.07 Å². The fraction of sp³-hybridized carbons (Fsp3) is 0.500. The van der Waals surface area contributed by atoms with Gasteiger partial charge in [0, 0.05) is 22.0 Å². The Morgan fingerprint density at radius 1 is 1.33 bits per heavy atom. The van der Waals surface area contributed by atoms with Crippen molar-refractivity contribution in [1.82, 2.24) is 0 Å². The lowest BCUT2D eigenvalue weighted by molar-refractivity contribution is -0.138. The van der Waals surface area contributed by atoms with Gasteiger partial charge in [-0.3, -0.25) is 0 Å². The van der Waals surface area contributed by atoms with Crippen LogP contribution in [0.4, 0.5) is 13.2 Å². The molecule has 0 atom stereocenters. The molecule has 0 radical (unpaired) electrons. The molecule has 2 rings (SSSR count). The number of hydrogen-bond donors (Lipinski definition) is 2. The molecule has 1 aliphatic rings. The number of rotatable bonds is 2. The molecule has 2 nitrogen and oxygen atoms in total. The van der Waals surface area contributed by atoms with Crippen LogP contribution in [0.2, 0.25) is 0 Å². The maximum atomic E-state index is 12.8. The summed E-state index contributed by atoms with van der Waals surface area (Å²) in [6.07, 6.45) is -2.22. The number of alkyl halides is 3. The number of aromatic hydroxyl groups is 1. The molecule has 1 aromatic carbocycles. The second-order valence-electron chi connectivity index (χ2n) is 4.69. The number of phenols is 1. The molecule has 1 aromatic rings. The van der Waals surface area contributed by atoms with Gasteiger partial charge in [-0.2, -0.15) is 13.2 Å². The smallest absolute Gasteiger partial charge is 0.420 e. The van der Waals surface area contributed by atoms with Crippen molar-refractivity contribution in [3.05, 3.63) is 27.7 Å². The van der Waals surface area contributed by atoms with Crippen LogP contribution in [0.1, 0.15) is 30.4 Å². The molecule has 0 bridgehead atoms. The Balaban J connectivity index is 2.58. The van der Waals surface area contributed by atoms with Crippen LogP contribution in [0.15, 0.2) is 16.6 Å². The van der Waals surface area contributed by atoms with Crippen LogP contribution in [0.3, 0.4) is 0 Å². The monoisotopic (exact) mass is 323 g/mol. The lowest BCUT2D eigenvalue weighted by Crippen LogP contribution is -2.41. The van der Waals surface area contributed by atoms with E-state index in [0.717, 1.165) is 12.5 Å². The van der Waals surface area contributed by atoms with Gasteiger partial charge < -0.3 is 10.8 Å². The van der Waals surface area contributed by atoms with Gasteiger partial charge in [-0.25, -0.2) is 0 Å². The quantitative estimate of drug-likeness (QED) is 0.874. The van der Waals surface area contributed by atoms with Crippen LogP contribution in [0.5, 0.6) is 5.75 Å². The number of phenolic OH excluding ortho intramolecular Hbond substituents is 1. The van der Waals surface area contributed by atoms with E-state index in [1.54, 1.807) is 0 Å². The van der Waals surface area contributed by atoms with Gasteiger partial charge >= 0.3 is 6.18 Å². The summed E-state index contributed by atoms with van der Waals surface area (Å²) in [5.41, 5.74) is 4.46. The van der Waals surface area contributed by atoms with Gasteiger partial charge in [0.1, 0.15) is 5.75 Å². The lowest BCUT2D eigenvalue weighted by Gasteiger charge is -2.42. The highest BCUT2D eigenvalue weighted by atomic mass is 79.9. The fourth-order valence-electron chi connectivity index (χ4n) is 2.41. The molecule has 1 saturated carbocycles. The zero-order chi connectivity index (χ0) is 13.6. The standard InChI is InChI=1S/C12H13BrF3NO/c13-7-4-8(11(6-17)2-1-3-11)10(18)9(5-7)12(14,15)16/h4-5,18H,1-3,6,17H2. The van der Waals surface area contributed by atoms with Gasteiger partial charge in [0.2, 0.25) is 0 Å².